The Morgan fingerprint density at radius 1 is 1.09 bits per heavy atom. The van der Waals surface area contributed by atoms with Crippen molar-refractivity contribution in [3.63, 3.8) is 0 Å². The Morgan fingerprint density at radius 2 is 1.36 bits per heavy atom. The van der Waals surface area contributed by atoms with E-state index in [1.165, 1.54) is 0 Å². The minimum atomic E-state index is -1.79. The van der Waals surface area contributed by atoms with Gasteiger partial charge >= 0.3 is 32.2 Å². The predicted octanol–water partition coefficient (Wildman–Crippen LogP) is -3.15. The fourth-order valence-corrected chi connectivity index (χ4v) is 0.353. The van der Waals surface area contributed by atoms with E-state index in [2.05, 4.69) is 0 Å². The molecule has 4 N–H and O–H groups in total. The van der Waals surface area contributed by atoms with Crippen LogP contribution in [0.15, 0.2) is 0 Å². The van der Waals surface area contributed by atoms with Crippen LogP contribution in [0.4, 0.5) is 0 Å². The average molecular weight is 362 g/mol. The quantitative estimate of drug-likeness (QED) is 0.396. The second-order valence-electron chi connectivity index (χ2n) is 2.06. The van der Waals surface area contributed by atoms with Crippen LogP contribution in [-0.4, -0.2) is 72.4 Å². The fraction of sp³-hybridized carbons (Fsp3) is 0.800. The number of aliphatic hydroxyl groups is 3. The summed E-state index contributed by atoms with van der Waals surface area (Å²) in [4.78, 5) is 10.2. The second-order valence-corrected chi connectivity index (χ2v) is 2.06. The van der Waals surface area contributed by atoms with Crippen molar-refractivity contribution in [3.05, 3.63) is 0 Å². The van der Waals surface area contributed by atoms with E-state index in [0.717, 1.165) is 0 Å². The average Bonchev–Trinajstić information content (AvgIpc) is 1.92. The van der Waals surface area contributed by atoms with Gasteiger partial charge in [-0.15, -0.1) is 0 Å². The summed E-state index contributed by atoms with van der Waals surface area (Å²) in [5.74, 6) is -1.40. The van der Waals surface area contributed by atoms with E-state index in [-0.39, 0.29) is 26.2 Å². The molecule has 0 fully saturated rings. The van der Waals surface area contributed by atoms with E-state index in [1.54, 1.807) is 0 Å². The van der Waals surface area contributed by atoms with Crippen LogP contribution in [0.2, 0.25) is 0 Å². The van der Waals surface area contributed by atoms with Crippen LogP contribution in [0.25, 0.3) is 0 Å². The molecule has 0 aliphatic rings. The topological polar surface area (TPSA) is 98.0 Å². The molecule has 0 saturated carbocycles. The Labute approximate surface area is 82.8 Å². The van der Waals surface area contributed by atoms with Gasteiger partial charge in [0.05, 0.1) is 19.8 Å². The van der Waals surface area contributed by atoms with Crippen molar-refractivity contribution in [2.24, 2.45) is 5.41 Å². The van der Waals surface area contributed by atoms with Crippen LogP contribution in [0.1, 0.15) is 0 Å². The summed E-state index contributed by atoms with van der Waals surface area (Å²) in [6.45, 7) is -2.31. The van der Waals surface area contributed by atoms with Gasteiger partial charge in [0.15, 0.2) is 0 Å². The predicted molar refractivity (Wildman–Crippen MR) is 41.3 cm³/mol. The number of carboxylic acids is 1. The van der Waals surface area contributed by atoms with Crippen LogP contribution in [0, 0.1) is 5.41 Å². The molecule has 0 unspecified atom stereocenters. The van der Waals surface area contributed by atoms with E-state index in [0.29, 0.717) is 0 Å². The van der Waals surface area contributed by atoms with Gasteiger partial charge in [-0.05, 0) is 0 Å². The van der Waals surface area contributed by atoms with Gasteiger partial charge in [0.2, 0.25) is 0 Å². The number of rotatable bonds is 4. The van der Waals surface area contributed by atoms with Gasteiger partial charge in [0, 0.05) is 0 Å². The van der Waals surface area contributed by atoms with Gasteiger partial charge in [-0.2, -0.15) is 0 Å². The van der Waals surface area contributed by atoms with Gasteiger partial charge in [0.1, 0.15) is 5.41 Å². The van der Waals surface area contributed by atoms with Crippen molar-refractivity contribution in [2.45, 2.75) is 0 Å². The summed E-state index contributed by atoms with van der Waals surface area (Å²) in [7, 11) is 0. The number of hydrogen-bond donors (Lipinski definition) is 4. The molecule has 0 aromatic rings. The van der Waals surface area contributed by atoms with Gasteiger partial charge in [-0.1, -0.05) is 0 Å². The van der Waals surface area contributed by atoms with Crippen molar-refractivity contribution in [1.29, 1.82) is 0 Å². The zero-order valence-electron chi connectivity index (χ0n) is 6.03. The molecule has 68 valence electrons. The molecule has 0 rings (SSSR count). The van der Waals surface area contributed by atoms with Crippen LogP contribution in [0.5, 0.6) is 0 Å². The Morgan fingerprint density at radius 3 is 1.36 bits per heavy atom. The van der Waals surface area contributed by atoms with E-state index < -0.39 is 31.2 Å². The summed E-state index contributed by atoms with van der Waals surface area (Å²) in [5.41, 5.74) is -1.79. The van der Waals surface area contributed by atoms with E-state index in [9.17, 15) is 4.79 Å². The molecular weight excluding hydrogens is 349 g/mol. The third-order valence-electron chi connectivity index (χ3n) is 1.36. The van der Waals surface area contributed by atoms with Crippen molar-refractivity contribution in [3.8, 4) is 0 Å². The van der Waals surface area contributed by atoms with Crippen LogP contribution in [0.3, 0.4) is 0 Å². The maximum absolute atomic E-state index is 10.2. The molecule has 0 amide bonds. The molecule has 0 atom stereocenters. The molecule has 0 saturated heterocycles. The number of aliphatic hydroxyl groups excluding tert-OH is 3. The number of hydrogen-bond acceptors (Lipinski definition) is 4. The Kier molecular flexibility index (Phi) is 7.31. The zero-order chi connectivity index (χ0) is 8.20. The normalized spacial score (nSPS) is 10.5. The summed E-state index contributed by atoms with van der Waals surface area (Å²) in [6, 6.07) is 0. The van der Waals surface area contributed by atoms with E-state index >= 15 is 0 Å². The van der Waals surface area contributed by atoms with Crippen LogP contribution < -0.4 is 0 Å². The molecule has 0 heterocycles. The van der Waals surface area contributed by atoms with Gasteiger partial charge < -0.3 is 20.4 Å². The summed E-state index contributed by atoms with van der Waals surface area (Å²) < 4.78 is 0. The van der Waals surface area contributed by atoms with Crippen molar-refractivity contribution < 1.29 is 25.2 Å². The van der Waals surface area contributed by atoms with Crippen molar-refractivity contribution in [1.82, 2.24) is 0 Å². The van der Waals surface area contributed by atoms with Gasteiger partial charge in [-0.3, -0.25) is 4.79 Å². The first-order valence-electron chi connectivity index (χ1n) is 2.69. The molecule has 0 aromatic carbocycles. The number of carbonyl (C=O) groups is 1. The monoisotopic (exact) mass is 362 g/mol. The van der Waals surface area contributed by atoms with Gasteiger partial charge in [0.25, 0.3) is 0 Å². The SMILES string of the molecule is O=C(O)C(CO)(CO)CO.[BiH3]. The fourth-order valence-electron chi connectivity index (χ4n) is 0.353. The van der Waals surface area contributed by atoms with E-state index in [4.69, 9.17) is 20.4 Å². The van der Waals surface area contributed by atoms with Crippen molar-refractivity contribution in [2.75, 3.05) is 19.8 Å². The van der Waals surface area contributed by atoms with Crippen molar-refractivity contribution >= 4 is 32.2 Å². The molecular formula is C5H13BiO5. The van der Waals surface area contributed by atoms with Gasteiger partial charge in [-0.25, -0.2) is 0 Å². The standard InChI is InChI=1S/C5H10O5.Bi.3H/c6-1-5(2-7,3-8)4(9)10;;;;/h6-8H,1-3H2,(H,9,10);;;;. The third-order valence-corrected chi connectivity index (χ3v) is 1.36. The molecule has 11 heavy (non-hydrogen) atoms. The summed E-state index contributed by atoms with van der Waals surface area (Å²) in [6.07, 6.45) is 0. The summed E-state index contributed by atoms with van der Waals surface area (Å²) in [5, 5.41) is 33.7. The van der Waals surface area contributed by atoms with Crippen LogP contribution in [-0.2, 0) is 4.79 Å². The molecule has 0 bridgehead atoms. The summed E-state index contributed by atoms with van der Waals surface area (Å²) >= 11 is 0. The number of carboxylic acid groups (broad SMARTS) is 1. The second kappa shape index (κ2) is 5.83. The Hall–Kier alpha value is 0.233. The van der Waals surface area contributed by atoms with Crippen LogP contribution >= 0.6 is 0 Å². The third kappa shape index (κ3) is 2.99. The molecule has 0 aromatic heterocycles. The molecule has 6 heteroatoms. The molecule has 0 radical (unpaired) electrons. The minimum absolute atomic E-state index is 0. The molecule has 0 aliphatic heterocycles. The maximum atomic E-state index is 10.2. The first-order valence-corrected chi connectivity index (χ1v) is 2.69. The molecule has 0 aliphatic carbocycles. The Balaban J connectivity index is 0. The number of aliphatic carboxylic acids is 1. The molecule has 5 nitrogen and oxygen atoms in total. The molecule has 0 spiro atoms. The first-order chi connectivity index (χ1) is 4.63. The first kappa shape index (κ1) is 13.8. The van der Waals surface area contributed by atoms with E-state index in [1.807, 2.05) is 0 Å². The zero-order valence-corrected chi connectivity index (χ0v) is 11.5. The Bertz CT molecular complexity index is 114.